The lowest BCUT2D eigenvalue weighted by atomic mass is 9.88. The number of hydrogen-bond donors (Lipinski definition) is 0. The van der Waals surface area contributed by atoms with Crippen LogP contribution in [0.1, 0.15) is 35.2 Å². The van der Waals surface area contributed by atoms with Gasteiger partial charge in [0.05, 0.1) is 10.7 Å². The van der Waals surface area contributed by atoms with Gasteiger partial charge in [0, 0.05) is 29.3 Å². The highest BCUT2D eigenvalue weighted by atomic mass is 79.9. The molecular weight excluding hydrogens is 458 g/mol. The second-order valence-electron chi connectivity index (χ2n) is 7.14. The maximum Gasteiger partial charge on any atom is 0.286 e. The quantitative estimate of drug-likeness (QED) is 0.361. The third-order valence-electron chi connectivity index (χ3n) is 5.51. The fourth-order valence-electron chi connectivity index (χ4n) is 4.09. The van der Waals surface area contributed by atoms with Gasteiger partial charge >= 0.3 is 0 Å². The first kappa shape index (κ1) is 19.9. The van der Waals surface area contributed by atoms with Gasteiger partial charge in [0.15, 0.2) is 0 Å². The van der Waals surface area contributed by atoms with E-state index in [1.807, 2.05) is 6.07 Å². The molecule has 0 spiro atoms. The number of carbonyl (C=O) groups is 2. The predicted octanol–water partition coefficient (Wildman–Crippen LogP) is 4.62. The van der Waals surface area contributed by atoms with Crippen molar-refractivity contribution in [3.8, 4) is 0 Å². The molecule has 29 heavy (non-hydrogen) atoms. The van der Waals surface area contributed by atoms with Crippen molar-refractivity contribution < 1.29 is 9.59 Å². The molecule has 2 aliphatic rings. The Morgan fingerprint density at radius 1 is 1.14 bits per heavy atom. The van der Waals surface area contributed by atoms with Crippen LogP contribution < -0.4 is 0 Å². The van der Waals surface area contributed by atoms with E-state index in [-0.39, 0.29) is 5.69 Å². The largest absolute Gasteiger partial charge is 0.336 e. The Hall–Kier alpha value is -2.38. The van der Waals surface area contributed by atoms with Gasteiger partial charge in [0.25, 0.3) is 5.91 Å². The second kappa shape index (κ2) is 8.16. The number of aromatic nitrogens is 1. The fraction of sp³-hybridized carbons (Fsp3) is 0.286. The summed E-state index contributed by atoms with van der Waals surface area (Å²) in [5.74, 6) is -0.489. The van der Waals surface area contributed by atoms with Gasteiger partial charge in [-0.2, -0.15) is 0 Å². The maximum absolute atomic E-state index is 11.7. The Balaban J connectivity index is 1.89. The number of likely N-dealkylation sites (tertiary alicyclic amines) is 1. The Labute approximate surface area is 181 Å². The van der Waals surface area contributed by atoms with Gasteiger partial charge in [-0.25, -0.2) is 0 Å². The number of aldehydes is 1. The molecule has 1 aromatic carbocycles. The van der Waals surface area contributed by atoms with Gasteiger partial charge in [0.2, 0.25) is 6.29 Å². The predicted molar refractivity (Wildman–Crippen MR) is 114 cm³/mol. The van der Waals surface area contributed by atoms with Crippen LogP contribution in [0.15, 0.2) is 39.6 Å². The van der Waals surface area contributed by atoms with E-state index in [0.29, 0.717) is 37.2 Å². The molecule has 1 amide bonds. The standard InChI is InChI=1S/C21H17BrClN3O3/c22-15-7-14-2-1-13-8-17(23)18(25-29)9-16(13)20(21(14)24-10-15)12-3-5-26(6-4-12)19(28)11-27/h7-11H,1-6H2. The first-order chi connectivity index (χ1) is 14.0. The molecule has 2 heterocycles. The number of rotatable bonds is 2. The summed E-state index contributed by atoms with van der Waals surface area (Å²) in [5, 5.41) is 3.42. The minimum absolute atomic E-state index is 0.206. The normalized spacial score (nSPS) is 16.0. The third-order valence-corrected chi connectivity index (χ3v) is 6.24. The molecule has 0 bridgehead atoms. The highest BCUT2D eigenvalue weighted by molar-refractivity contribution is 9.10. The summed E-state index contributed by atoms with van der Waals surface area (Å²) in [6.45, 7) is 0.952. The molecule has 0 radical (unpaired) electrons. The fourth-order valence-corrected chi connectivity index (χ4v) is 4.69. The van der Waals surface area contributed by atoms with Crippen LogP contribution in [0.25, 0.3) is 5.57 Å². The van der Waals surface area contributed by atoms with Crippen molar-refractivity contribution >= 4 is 51.0 Å². The zero-order valence-corrected chi connectivity index (χ0v) is 17.8. The molecule has 6 nitrogen and oxygen atoms in total. The van der Waals surface area contributed by atoms with Crippen LogP contribution in [0.5, 0.6) is 0 Å². The van der Waals surface area contributed by atoms with Crippen LogP contribution in [0.2, 0.25) is 5.02 Å². The van der Waals surface area contributed by atoms with Gasteiger partial charge in [0.1, 0.15) is 5.69 Å². The van der Waals surface area contributed by atoms with E-state index in [0.717, 1.165) is 50.8 Å². The van der Waals surface area contributed by atoms with Crippen molar-refractivity contribution in [2.45, 2.75) is 25.7 Å². The molecule has 0 unspecified atom stereocenters. The van der Waals surface area contributed by atoms with Gasteiger partial charge in [-0.15, -0.1) is 4.91 Å². The number of hydrogen-bond acceptors (Lipinski definition) is 5. The summed E-state index contributed by atoms with van der Waals surface area (Å²) in [4.78, 5) is 40.1. The summed E-state index contributed by atoms with van der Waals surface area (Å²) >= 11 is 9.74. The average molecular weight is 475 g/mol. The lowest BCUT2D eigenvalue weighted by molar-refractivity contribution is -0.139. The summed E-state index contributed by atoms with van der Waals surface area (Å²) in [6, 6.07) is 5.63. The molecule has 1 aromatic heterocycles. The maximum atomic E-state index is 11.7. The number of amides is 1. The van der Waals surface area contributed by atoms with Crippen molar-refractivity contribution in [2.75, 3.05) is 13.1 Å². The van der Waals surface area contributed by atoms with E-state index in [4.69, 9.17) is 16.6 Å². The first-order valence-electron chi connectivity index (χ1n) is 9.29. The topological polar surface area (TPSA) is 79.7 Å². The van der Waals surface area contributed by atoms with Gasteiger partial charge in [-0.1, -0.05) is 17.2 Å². The summed E-state index contributed by atoms with van der Waals surface area (Å²) in [5.41, 5.74) is 6.31. The SMILES string of the molecule is O=CC(=O)N1CCC(=C2c3cc(N=O)c(Cl)cc3CCc3cc(Br)cnc32)CC1. The first-order valence-corrected chi connectivity index (χ1v) is 10.5. The number of nitrogens with zero attached hydrogens (tertiary/aromatic N) is 3. The van der Waals surface area contributed by atoms with E-state index >= 15 is 0 Å². The number of halogens is 2. The molecule has 8 heteroatoms. The monoisotopic (exact) mass is 473 g/mol. The number of nitroso groups, excluding NO2 is 1. The van der Waals surface area contributed by atoms with E-state index in [9.17, 15) is 14.5 Å². The molecule has 148 valence electrons. The summed E-state index contributed by atoms with van der Waals surface area (Å²) in [7, 11) is 0. The number of benzene rings is 1. The molecule has 1 fully saturated rings. The number of aryl methyl sites for hydroxylation is 2. The molecule has 1 aliphatic heterocycles. The lowest BCUT2D eigenvalue weighted by Crippen LogP contribution is -2.37. The van der Waals surface area contributed by atoms with Crippen molar-refractivity contribution in [3.63, 3.8) is 0 Å². The Kier molecular flexibility index (Phi) is 5.61. The summed E-state index contributed by atoms with van der Waals surface area (Å²) < 4.78 is 0.909. The third kappa shape index (κ3) is 3.76. The van der Waals surface area contributed by atoms with E-state index in [1.165, 1.54) is 0 Å². The van der Waals surface area contributed by atoms with Crippen LogP contribution in [-0.4, -0.2) is 35.2 Å². The molecule has 0 saturated carbocycles. The number of pyridine rings is 1. The van der Waals surface area contributed by atoms with Crippen molar-refractivity contribution in [3.05, 3.63) is 66.8 Å². The van der Waals surface area contributed by atoms with Crippen LogP contribution in [0.4, 0.5) is 5.69 Å². The van der Waals surface area contributed by atoms with Gasteiger partial charge in [-0.3, -0.25) is 14.6 Å². The molecule has 0 N–H and O–H groups in total. The smallest absolute Gasteiger partial charge is 0.286 e. The zero-order valence-electron chi connectivity index (χ0n) is 15.5. The van der Waals surface area contributed by atoms with Gasteiger partial charge in [-0.05, 0) is 81.7 Å². The average Bonchev–Trinajstić information content (AvgIpc) is 2.89. The van der Waals surface area contributed by atoms with Crippen LogP contribution in [-0.2, 0) is 22.4 Å². The Bertz CT molecular complexity index is 1060. The molecule has 0 atom stereocenters. The molecule has 1 saturated heterocycles. The molecule has 2 aromatic rings. The Morgan fingerprint density at radius 3 is 2.55 bits per heavy atom. The molecule has 4 rings (SSSR count). The number of carbonyl (C=O) groups excluding carboxylic acids is 2. The van der Waals surface area contributed by atoms with Gasteiger partial charge < -0.3 is 4.90 Å². The molecule has 1 aliphatic carbocycles. The van der Waals surface area contributed by atoms with E-state index in [2.05, 4.69) is 27.2 Å². The Morgan fingerprint density at radius 2 is 1.86 bits per heavy atom. The van der Waals surface area contributed by atoms with E-state index in [1.54, 1.807) is 17.2 Å². The van der Waals surface area contributed by atoms with Crippen molar-refractivity contribution in [1.29, 1.82) is 0 Å². The van der Waals surface area contributed by atoms with Crippen LogP contribution >= 0.6 is 27.5 Å². The zero-order chi connectivity index (χ0) is 20.5. The van der Waals surface area contributed by atoms with Crippen molar-refractivity contribution in [2.24, 2.45) is 5.18 Å². The highest BCUT2D eigenvalue weighted by Gasteiger charge is 2.27. The van der Waals surface area contributed by atoms with Crippen molar-refractivity contribution in [1.82, 2.24) is 9.88 Å². The van der Waals surface area contributed by atoms with Crippen LogP contribution in [0.3, 0.4) is 0 Å². The number of fused-ring (bicyclic) bond motifs is 2. The minimum atomic E-state index is -0.489. The molecular formula is C21H17BrClN3O3. The number of piperidine rings is 1. The second-order valence-corrected chi connectivity index (χ2v) is 8.46. The lowest BCUT2D eigenvalue weighted by Gasteiger charge is -2.29. The summed E-state index contributed by atoms with van der Waals surface area (Å²) in [6.07, 6.45) is 4.97. The minimum Gasteiger partial charge on any atom is -0.336 e. The van der Waals surface area contributed by atoms with Crippen LogP contribution in [0, 0.1) is 4.91 Å². The van der Waals surface area contributed by atoms with E-state index < -0.39 is 5.91 Å². The highest BCUT2D eigenvalue weighted by Crippen LogP contribution is 2.41.